The minimum Gasteiger partial charge on any atom is -0.368 e. The largest absolute Gasteiger partial charge is 0.368 e. The Morgan fingerprint density at radius 2 is 2.10 bits per heavy atom. The summed E-state index contributed by atoms with van der Waals surface area (Å²) in [6.45, 7) is 2.91. The van der Waals surface area contributed by atoms with Crippen LogP contribution in [0, 0.1) is 12.7 Å². The molecule has 2 aromatic rings. The lowest BCUT2D eigenvalue weighted by Crippen LogP contribution is -2.30. The molecule has 0 atom stereocenters. The zero-order valence-corrected chi connectivity index (χ0v) is 11.8. The van der Waals surface area contributed by atoms with E-state index in [0.717, 1.165) is 11.5 Å². The van der Waals surface area contributed by atoms with E-state index in [1.807, 2.05) is 13.0 Å². The first-order chi connectivity index (χ1) is 10.1. The van der Waals surface area contributed by atoms with E-state index in [4.69, 9.17) is 0 Å². The van der Waals surface area contributed by atoms with E-state index in [1.54, 1.807) is 12.1 Å². The van der Waals surface area contributed by atoms with Gasteiger partial charge in [0.05, 0.1) is 6.42 Å². The van der Waals surface area contributed by atoms with E-state index in [2.05, 4.69) is 20.6 Å². The molecule has 0 saturated heterocycles. The number of hydrogen-bond acceptors (Lipinski definition) is 4. The van der Waals surface area contributed by atoms with Crippen LogP contribution in [0.15, 0.2) is 36.7 Å². The van der Waals surface area contributed by atoms with Crippen LogP contribution >= 0.6 is 0 Å². The molecule has 5 nitrogen and oxygen atoms in total. The fourth-order valence-electron chi connectivity index (χ4n) is 1.84. The summed E-state index contributed by atoms with van der Waals surface area (Å²) >= 11 is 0. The van der Waals surface area contributed by atoms with E-state index < -0.39 is 0 Å². The van der Waals surface area contributed by atoms with Gasteiger partial charge in [-0.25, -0.2) is 14.4 Å². The van der Waals surface area contributed by atoms with Gasteiger partial charge in [0.25, 0.3) is 0 Å². The fraction of sp³-hybridized carbons (Fsp3) is 0.267. The van der Waals surface area contributed by atoms with Gasteiger partial charge < -0.3 is 10.6 Å². The number of benzene rings is 1. The molecule has 2 rings (SSSR count). The number of anilines is 1. The monoisotopic (exact) mass is 288 g/mol. The van der Waals surface area contributed by atoms with Gasteiger partial charge >= 0.3 is 0 Å². The lowest BCUT2D eigenvalue weighted by Gasteiger charge is -2.07. The van der Waals surface area contributed by atoms with Crippen molar-refractivity contribution in [1.82, 2.24) is 15.3 Å². The molecule has 0 aliphatic rings. The summed E-state index contributed by atoms with van der Waals surface area (Å²) in [6, 6.07) is 7.87. The van der Waals surface area contributed by atoms with Crippen LogP contribution in [-0.4, -0.2) is 29.0 Å². The topological polar surface area (TPSA) is 66.9 Å². The van der Waals surface area contributed by atoms with Crippen molar-refractivity contribution in [3.05, 3.63) is 53.7 Å². The maximum atomic E-state index is 13.0. The highest BCUT2D eigenvalue weighted by Gasteiger charge is 2.03. The Hall–Kier alpha value is -2.50. The summed E-state index contributed by atoms with van der Waals surface area (Å²) in [6.07, 6.45) is 1.66. The average molecular weight is 288 g/mol. The van der Waals surface area contributed by atoms with Gasteiger partial charge in [-0.3, -0.25) is 4.79 Å². The summed E-state index contributed by atoms with van der Waals surface area (Å²) in [4.78, 5) is 19.8. The smallest absolute Gasteiger partial charge is 0.224 e. The molecule has 1 aromatic heterocycles. The molecule has 0 spiro atoms. The molecule has 1 heterocycles. The van der Waals surface area contributed by atoms with Gasteiger partial charge in [0, 0.05) is 24.8 Å². The van der Waals surface area contributed by atoms with Gasteiger partial charge in [0.1, 0.15) is 18.0 Å². The Balaban J connectivity index is 1.70. The van der Waals surface area contributed by atoms with Crippen LogP contribution in [0.2, 0.25) is 0 Å². The predicted molar refractivity (Wildman–Crippen MR) is 78.4 cm³/mol. The van der Waals surface area contributed by atoms with Crippen LogP contribution in [0.3, 0.4) is 0 Å². The van der Waals surface area contributed by atoms with Crippen molar-refractivity contribution in [3.63, 3.8) is 0 Å². The molecule has 1 aromatic carbocycles. The summed E-state index contributed by atoms with van der Waals surface area (Å²) in [5.74, 6) is 0.254. The molecular formula is C15H17FN4O. The highest BCUT2D eigenvalue weighted by atomic mass is 19.1. The van der Waals surface area contributed by atoms with E-state index in [1.165, 1.54) is 18.5 Å². The summed E-state index contributed by atoms with van der Waals surface area (Å²) in [7, 11) is 0. The molecule has 6 heteroatoms. The zero-order valence-electron chi connectivity index (χ0n) is 11.8. The van der Waals surface area contributed by atoms with Crippen molar-refractivity contribution in [2.75, 3.05) is 18.4 Å². The molecule has 0 bridgehead atoms. The molecule has 1 amide bonds. The lowest BCUT2D eigenvalue weighted by molar-refractivity contribution is -0.120. The molecule has 0 unspecified atom stereocenters. The van der Waals surface area contributed by atoms with Gasteiger partial charge in [-0.1, -0.05) is 12.1 Å². The van der Waals surface area contributed by atoms with Crippen LogP contribution in [0.1, 0.15) is 11.3 Å². The number of nitrogens with one attached hydrogen (secondary N) is 2. The van der Waals surface area contributed by atoms with Crippen molar-refractivity contribution in [3.8, 4) is 0 Å². The molecule has 0 saturated carbocycles. The Bertz CT molecular complexity index is 618. The first-order valence-corrected chi connectivity index (χ1v) is 6.67. The van der Waals surface area contributed by atoms with E-state index in [0.29, 0.717) is 18.7 Å². The van der Waals surface area contributed by atoms with E-state index >= 15 is 0 Å². The van der Waals surface area contributed by atoms with Crippen molar-refractivity contribution >= 4 is 11.7 Å². The second-order valence-electron chi connectivity index (χ2n) is 4.63. The van der Waals surface area contributed by atoms with Crippen molar-refractivity contribution in [2.24, 2.45) is 0 Å². The highest BCUT2D eigenvalue weighted by molar-refractivity contribution is 5.78. The van der Waals surface area contributed by atoms with Gasteiger partial charge in [0.15, 0.2) is 0 Å². The first kappa shape index (κ1) is 14.9. The molecule has 0 radical (unpaired) electrons. The molecule has 0 aliphatic heterocycles. The number of carbonyl (C=O) groups excluding carboxylic acids is 1. The molecule has 110 valence electrons. The molecule has 0 fully saturated rings. The minimum atomic E-state index is -0.332. The highest BCUT2D eigenvalue weighted by Crippen LogP contribution is 2.04. The van der Waals surface area contributed by atoms with Gasteiger partial charge in [0.2, 0.25) is 5.91 Å². The number of aromatic nitrogens is 2. The third-order valence-electron chi connectivity index (χ3n) is 2.81. The third-order valence-corrected chi connectivity index (χ3v) is 2.81. The zero-order chi connectivity index (χ0) is 15.1. The first-order valence-electron chi connectivity index (χ1n) is 6.67. The number of carbonyl (C=O) groups is 1. The number of rotatable bonds is 6. The second kappa shape index (κ2) is 7.33. The standard InChI is InChI=1S/C15H17FN4O/c1-11-7-14(20-10-19-11)17-5-6-18-15(21)9-12-3-2-4-13(16)8-12/h2-4,7-8,10H,5-6,9H2,1H3,(H,18,21)(H,17,19,20). The van der Waals surface area contributed by atoms with Crippen LogP contribution in [0.5, 0.6) is 0 Å². The second-order valence-corrected chi connectivity index (χ2v) is 4.63. The van der Waals surface area contributed by atoms with Crippen LogP contribution in [-0.2, 0) is 11.2 Å². The lowest BCUT2D eigenvalue weighted by atomic mass is 10.1. The molecular weight excluding hydrogens is 271 g/mol. The van der Waals surface area contributed by atoms with Crippen molar-refractivity contribution in [2.45, 2.75) is 13.3 Å². The SMILES string of the molecule is Cc1cc(NCCNC(=O)Cc2cccc(F)c2)ncn1. The Kier molecular flexibility index (Phi) is 5.20. The summed E-state index contributed by atoms with van der Waals surface area (Å²) in [5.41, 5.74) is 1.54. The normalized spacial score (nSPS) is 10.2. The maximum absolute atomic E-state index is 13.0. The van der Waals surface area contributed by atoms with Crippen LogP contribution in [0.25, 0.3) is 0 Å². The Labute approximate surface area is 122 Å². The average Bonchev–Trinajstić information content (AvgIpc) is 2.44. The van der Waals surface area contributed by atoms with E-state index in [-0.39, 0.29) is 18.1 Å². The van der Waals surface area contributed by atoms with Crippen LogP contribution in [0.4, 0.5) is 10.2 Å². The van der Waals surface area contributed by atoms with Gasteiger partial charge in [-0.05, 0) is 24.6 Å². The van der Waals surface area contributed by atoms with Gasteiger partial charge in [-0.15, -0.1) is 0 Å². The molecule has 0 aliphatic carbocycles. The number of amides is 1. The van der Waals surface area contributed by atoms with Gasteiger partial charge in [-0.2, -0.15) is 0 Å². The number of aryl methyl sites for hydroxylation is 1. The number of halogens is 1. The number of nitrogens with zero attached hydrogens (tertiary/aromatic N) is 2. The third kappa shape index (κ3) is 5.18. The summed E-state index contributed by atoms with van der Waals surface area (Å²) in [5, 5.41) is 5.86. The molecule has 2 N–H and O–H groups in total. The maximum Gasteiger partial charge on any atom is 0.224 e. The van der Waals surface area contributed by atoms with Crippen LogP contribution < -0.4 is 10.6 Å². The van der Waals surface area contributed by atoms with Crippen molar-refractivity contribution < 1.29 is 9.18 Å². The quantitative estimate of drug-likeness (QED) is 0.794. The fourth-order valence-corrected chi connectivity index (χ4v) is 1.84. The number of hydrogen-bond donors (Lipinski definition) is 2. The molecule has 21 heavy (non-hydrogen) atoms. The van der Waals surface area contributed by atoms with E-state index in [9.17, 15) is 9.18 Å². The Morgan fingerprint density at radius 3 is 2.86 bits per heavy atom. The predicted octanol–water partition coefficient (Wildman–Crippen LogP) is 1.69. The Morgan fingerprint density at radius 1 is 1.24 bits per heavy atom. The minimum absolute atomic E-state index is 0.138. The van der Waals surface area contributed by atoms with Crippen molar-refractivity contribution in [1.29, 1.82) is 0 Å². The summed E-state index contributed by atoms with van der Waals surface area (Å²) < 4.78 is 13.0.